The number of hydrogen-bond acceptors (Lipinski definition) is 10. The number of aliphatic hydroxyl groups excluding tert-OH is 2. The molecular weight excluding hydrogens is 373 g/mol. The Morgan fingerprint density at radius 2 is 2.12 bits per heavy atom. The van der Waals surface area contributed by atoms with Gasteiger partial charge in [0, 0.05) is 7.11 Å². The first kappa shape index (κ1) is 18.9. The Hall–Kier alpha value is -1.86. The van der Waals surface area contributed by atoms with Gasteiger partial charge in [0.25, 0.3) is 12.1 Å². The number of rotatable bonds is 6. The van der Waals surface area contributed by atoms with Gasteiger partial charge in [0.1, 0.15) is 31.7 Å². The molecule has 0 bridgehead atoms. The Labute approximate surface area is 147 Å². The van der Waals surface area contributed by atoms with Gasteiger partial charge in [-0.15, -0.1) is 0 Å². The molecule has 0 spiro atoms. The zero-order valence-corrected chi connectivity index (χ0v) is 14.8. The van der Waals surface area contributed by atoms with Crippen LogP contribution >= 0.6 is 7.82 Å². The van der Waals surface area contributed by atoms with Crippen LogP contribution in [0.2, 0.25) is 0 Å². The first-order chi connectivity index (χ1) is 12.3. The monoisotopic (exact) mass is 392 g/mol. The Kier molecular flexibility index (Phi) is 5.12. The van der Waals surface area contributed by atoms with Gasteiger partial charge in [-0.3, -0.25) is 13.6 Å². The van der Waals surface area contributed by atoms with Crippen molar-refractivity contribution < 1.29 is 43.0 Å². The number of nitrogens with two attached hydrogens (primary N) is 1. The summed E-state index contributed by atoms with van der Waals surface area (Å²) in [6, 6.07) is 0. The third kappa shape index (κ3) is 3.25. The van der Waals surface area contributed by atoms with E-state index in [1.165, 1.54) is 29.1 Å². The van der Waals surface area contributed by atoms with Crippen LogP contribution in [0.15, 0.2) is 12.7 Å². The van der Waals surface area contributed by atoms with Crippen LogP contribution in [0.3, 0.4) is 0 Å². The second kappa shape index (κ2) is 7.04. The highest BCUT2D eigenvalue weighted by Crippen LogP contribution is 2.43. The number of nitrogens with zero attached hydrogens (tertiary/aromatic N) is 4. The summed E-state index contributed by atoms with van der Waals surface area (Å²) < 4.78 is 28.5. The maximum atomic E-state index is 11.4. The first-order valence-electron chi connectivity index (χ1n) is 7.41. The summed E-state index contributed by atoms with van der Waals surface area (Å²) in [5.41, 5.74) is 6.51. The molecule has 5 unspecified atom stereocenters. The number of phosphoric ester groups is 1. The van der Waals surface area contributed by atoms with E-state index in [0.717, 1.165) is 7.11 Å². The first-order valence-corrected chi connectivity index (χ1v) is 8.90. The lowest BCUT2D eigenvalue weighted by molar-refractivity contribution is -0.875. The van der Waals surface area contributed by atoms with Crippen LogP contribution in [0.1, 0.15) is 6.23 Å². The molecule has 1 fully saturated rings. The number of fused-ring (bicyclic) bond motifs is 1. The van der Waals surface area contributed by atoms with Crippen LogP contribution < -0.4 is 15.3 Å². The number of aliphatic hydroxyl groups is 2. The number of nitrogen functional groups attached to an aromatic ring is 1. The van der Waals surface area contributed by atoms with Gasteiger partial charge in [0.2, 0.25) is 11.2 Å². The van der Waals surface area contributed by atoms with E-state index in [-0.39, 0.29) is 5.82 Å². The molecule has 1 aliphatic heterocycles. The lowest BCUT2D eigenvalue weighted by Gasteiger charge is -2.16. The number of aromatic nitrogens is 4. The highest BCUT2D eigenvalue weighted by Gasteiger charge is 2.45. The summed E-state index contributed by atoms with van der Waals surface area (Å²) in [6.45, 7) is -0.470. The normalized spacial score (nSPS) is 28.3. The molecule has 1 saturated heterocycles. The molecule has 14 heteroatoms. The van der Waals surface area contributed by atoms with Crippen LogP contribution in [0.25, 0.3) is 11.2 Å². The molecular formula is C12H19N5O8P+. The van der Waals surface area contributed by atoms with Gasteiger partial charge >= 0.3 is 7.82 Å². The van der Waals surface area contributed by atoms with E-state index in [9.17, 15) is 19.7 Å². The Balaban J connectivity index is 1.85. The SMILES string of the molecule is CO[n+]1cnc2c(ncn2C2OC(COP(=O)(O)OC)C(O)C2O)c1N. The second-order valence-electron chi connectivity index (χ2n) is 5.46. The van der Waals surface area contributed by atoms with Crippen molar-refractivity contribution in [2.75, 3.05) is 26.6 Å². The van der Waals surface area contributed by atoms with E-state index in [2.05, 4.69) is 14.5 Å². The van der Waals surface area contributed by atoms with E-state index in [0.29, 0.717) is 11.2 Å². The molecule has 2 aromatic heterocycles. The fraction of sp³-hybridized carbons (Fsp3) is 0.583. The summed E-state index contributed by atoms with van der Waals surface area (Å²) >= 11 is 0. The molecule has 5 atom stereocenters. The molecule has 2 aromatic rings. The van der Waals surface area contributed by atoms with E-state index in [1.807, 2.05) is 0 Å². The van der Waals surface area contributed by atoms with Crippen LogP contribution in [-0.4, -0.2) is 68.8 Å². The van der Waals surface area contributed by atoms with Gasteiger partial charge in [0.05, 0.1) is 6.61 Å². The molecule has 1 aliphatic rings. The highest BCUT2D eigenvalue weighted by atomic mass is 31.2. The number of imidazole rings is 1. The van der Waals surface area contributed by atoms with Crippen molar-refractivity contribution in [3.05, 3.63) is 12.7 Å². The lowest BCUT2D eigenvalue weighted by Crippen LogP contribution is -2.43. The van der Waals surface area contributed by atoms with Crippen LogP contribution in [0.5, 0.6) is 0 Å². The van der Waals surface area contributed by atoms with Gasteiger partial charge < -0.3 is 30.4 Å². The summed E-state index contributed by atoms with van der Waals surface area (Å²) in [6.07, 6.45) is -2.22. The minimum atomic E-state index is -4.24. The number of ether oxygens (including phenoxy) is 1. The predicted octanol–water partition coefficient (Wildman–Crippen LogP) is -2.26. The average molecular weight is 392 g/mol. The Morgan fingerprint density at radius 3 is 2.77 bits per heavy atom. The fourth-order valence-electron chi connectivity index (χ4n) is 2.59. The molecule has 144 valence electrons. The molecule has 0 amide bonds. The van der Waals surface area contributed by atoms with Gasteiger partial charge in [-0.1, -0.05) is 9.71 Å². The lowest BCUT2D eigenvalue weighted by atomic mass is 10.1. The van der Waals surface area contributed by atoms with Crippen molar-refractivity contribution in [3.63, 3.8) is 0 Å². The standard InChI is InChI=1S/C12H18N5O8P/c1-22-17-5-15-11-7(10(17)13)14-4-16(11)12-9(19)8(18)6(25-12)3-24-26(20,21)23-2/h4-6,8-9,12-13,18-19H,3H2,1-2H3,(H,20,21)/p+1. The highest BCUT2D eigenvalue weighted by molar-refractivity contribution is 7.47. The van der Waals surface area contributed by atoms with E-state index in [4.69, 9.17) is 19.8 Å². The van der Waals surface area contributed by atoms with E-state index in [1.54, 1.807) is 0 Å². The van der Waals surface area contributed by atoms with E-state index >= 15 is 0 Å². The molecule has 3 heterocycles. The average Bonchev–Trinajstić information content (AvgIpc) is 3.16. The fourth-order valence-corrected chi connectivity index (χ4v) is 3.03. The second-order valence-corrected chi connectivity index (χ2v) is 7.02. The summed E-state index contributed by atoms with van der Waals surface area (Å²) in [4.78, 5) is 22.5. The molecule has 0 saturated carbocycles. The summed E-state index contributed by atoms with van der Waals surface area (Å²) in [5, 5.41) is 20.4. The van der Waals surface area contributed by atoms with Crippen LogP contribution in [-0.2, 0) is 18.3 Å². The van der Waals surface area contributed by atoms with Gasteiger partial charge in [-0.2, -0.15) is 0 Å². The molecule has 13 nitrogen and oxygen atoms in total. The van der Waals surface area contributed by atoms with Gasteiger partial charge in [-0.05, 0) is 0 Å². The smallest absolute Gasteiger partial charge is 0.387 e. The zero-order valence-electron chi connectivity index (χ0n) is 13.9. The Morgan fingerprint density at radius 1 is 1.38 bits per heavy atom. The van der Waals surface area contributed by atoms with Crippen molar-refractivity contribution in [2.45, 2.75) is 24.5 Å². The largest absolute Gasteiger partial charge is 0.472 e. The Bertz CT molecular complexity index is 846. The van der Waals surface area contributed by atoms with Crippen molar-refractivity contribution in [1.82, 2.24) is 14.5 Å². The van der Waals surface area contributed by atoms with Crippen LogP contribution in [0.4, 0.5) is 5.82 Å². The molecule has 3 rings (SSSR count). The molecule has 0 aliphatic carbocycles. The molecule has 0 aromatic carbocycles. The molecule has 26 heavy (non-hydrogen) atoms. The van der Waals surface area contributed by atoms with Gasteiger partial charge in [-0.25, -0.2) is 9.55 Å². The van der Waals surface area contributed by atoms with Crippen molar-refractivity contribution in [1.29, 1.82) is 0 Å². The van der Waals surface area contributed by atoms with E-state index < -0.39 is 39.0 Å². The van der Waals surface area contributed by atoms with Crippen molar-refractivity contribution in [2.24, 2.45) is 0 Å². The summed E-state index contributed by atoms with van der Waals surface area (Å²) in [5.74, 6) is 0.186. The minimum Gasteiger partial charge on any atom is -0.387 e. The third-order valence-electron chi connectivity index (χ3n) is 3.97. The number of anilines is 1. The van der Waals surface area contributed by atoms with Crippen molar-refractivity contribution >= 4 is 24.8 Å². The number of hydrogen-bond donors (Lipinski definition) is 4. The zero-order chi connectivity index (χ0) is 19.1. The predicted molar refractivity (Wildman–Crippen MR) is 83.3 cm³/mol. The third-order valence-corrected chi connectivity index (χ3v) is 4.91. The minimum absolute atomic E-state index is 0.186. The van der Waals surface area contributed by atoms with Crippen LogP contribution in [0, 0.1) is 0 Å². The maximum absolute atomic E-state index is 11.4. The molecule has 0 radical (unpaired) electrons. The molecule has 5 N–H and O–H groups in total. The topological polar surface area (TPSA) is 175 Å². The summed E-state index contributed by atoms with van der Waals surface area (Å²) in [7, 11) is -1.83. The maximum Gasteiger partial charge on any atom is 0.472 e. The quantitative estimate of drug-likeness (QED) is 0.308. The van der Waals surface area contributed by atoms with Gasteiger partial charge in [0.15, 0.2) is 6.23 Å². The van der Waals surface area contributed by atoms with Crippen molar-refractivity contribution in [3.8, 4) is 0 Å². The number of phosphoric acid groups is 1.